The second-order valence-corrected chi connectivity index (χ2v) is 8.04. The Morgan fingerprint density at radius 3 is 2.42 bits per heavy atom. The summed E-state index contributed by atoms with van der Waals surface area (Å²) in [6.45, 7) is 5.76. The number of urea groups is 1. The van der Waals surface area contributed by atoms with Crippen LogP contribution in [0, 0.1) is 5.92 Å². The van der Waals surface area contributed by atoms with Crippen LogP contribution in [0.15, 0.2) is 24.3 Å². The molecule has 2 saturated heterocycles. The Bertz CT molecular complexity index is 546. The lowest BCUT2D eigenvalue weighted by Gasteiger charge is -2.49. The summed E-state index contributed by atoms with van der Waals surface area (Å²) in [4.78, 5) is 15.0. The average Bonchev–Trinajstić information content (AvgIpc) is 2.50. The van der Waals surface area contributed by atoms with E-state index in [9.17, 15) is 4.79 Å². The van der Waals surface area contributed by atoms with Crippen molar-refractivity contribution in [2.75, 3.05) is 11.9 Å². The molecule has 1 aromatic carbocycles. The number of hydrogen-bond acceptors (Lipinski definition) is 2. The summed E-state index contributed by atoms with van der Waals surface area (Å²) in [5.41, 5.74) is 0.773. The predicted molar refractivity (Wildman–Crippen MR) is 99.6 cm³/mol. The molecular formula is C19H28ClN3O. The number of nitrogens with one attached hydrogen (secondary N) is 2. The van der Waals surface area contributed by atoms with Gasteiger partial charge in [0.25, 0.3) is 0 Å². The zero-order chi connectivity index (χ0) is 17.1. The second-order valence-electron chi connectivity index (χ2n) is 7.60. The quantitative estimate of drug-likeness (QED) is 0.840. The smallest absolute Gasteiger partial charge is 0.319 e. The van der Waals surface area contributed by atoms with Crippen LogP contribution in [-0.2, 0) is 0 Å². The first-order chi connectivity index (χ1) is 11.5. The molecule has 2 amide bonds. The molecule has 1 unspecified atom stereocenters. The van der Waals surface area contributed by atoms with Crippen LogP contribution in [0.2, 0.25) is 5.02 Å². The van der Waals surface area contributed by atoms with E-state index in [2.05, 4.69) is 29.4 Å². The van der Waals surface area contributed by atoms with Crippen molar-refractivity contribution in [3.63, 3.8) is 0 Å². The Kier molecular flexibility index (Phi) is 5.67. The van der Waals surface area contributed by atoms with Gasteiger partial charge in [0.15, 0.2) is 0 Å². The molecule has 3 atom stereocenters. The molecule has 5 heteroatoms. The van der Waals surface area contributed by atoms with E-state index in [-0.39, 0.29) is 12.1 Å². The minimum atomic E-state index is -0.113. The van der Waals surface area contributed by atoms with Gasteiger partial charge in [-0.2, -0.15) is 0 Å². The Balaban J connectivity index is 1.55. The van der Waals surface area contributed by atoms with Crippen LogP contribution in [0.25, 0.3) is 0 Å². The van der Waals surface area contributed by atoms with Crippen LogP contribution in [0.4, 0.5) is 10.5 Å². The fourth-order valence-electron chi connectivity index (χ4n) is 4.20. The Labute approximate surface area is 149 Å². The molecule has 0 aromatic heterocycles. The molecule has 132 valence electrons. The van der Waals surface area contributed by atoms with Crippen molar-refractivity contribution >= 4 is 23.3 Å². The molecular weight excluding hydrogens is 322 g/mol. The van der Waals surface area contributed by atoms with Crippen molar-refractivity contribution in [1.29, 1.82) is 0 Å². The third-order valence-electron chi connectivity index (χ3n) is 5.14. The average molecular weight is 350 g/mol. The third-order valence-corrected chi connectivity index (χ3v) is 5.39. The SMILES string of the molecule is CC(C)CN1[C@@H]2CCC[C@H]1CC(NC(=O)Nc1ccc(Cl)cc1)C2. The van der Waals surface area contributed by atoms with E-state index in [0.717, 1.165) is 18.5 Å². The fourth-order valence-corrected chi connectivity index (χ4v) is 4.33. The second kappa shape index (κ2) is 7.75. The van der Waals surface area contributed by atoms with E-state index in [1.165, 1.54) is 25.8 Å². The molecule has 24 heavy (non-hydrogen) atoms. The van der Waals surface area contributed by atoms with Gasteiger partial charge in [-0.1, -0.05) is 31.9 Å². The van der Waals surface area contributed by atoms with Crippen LogP contribution in [-0.4, -0.2) is 35.6 Å². The predicted octanol–water partition coefficient (Wildman–Crippen LogP) is 4.50. The molecule has 2 heterocycles. The molecule has 1 aromatic rings. The van der Waals surface area contributed by atoms with Gasteiger partial charge in [-0.05, 0) is 55.9 Å². The Morgan fingerprint density at radius 1 is 1.21 bits per heavy atom. The van der Waals surface area contributed by atoms with Gasteiger partial charge in [0.1, 0.15) is 0 Å². The number of fused-ring (bicyclic) bond motifs is 2. The number of hydrogen-bond donors (Lipinski definition) is 2. The van der Waals surface area contributed by atoms with Crippen LogP contribution in [0.3, 0.4) is 0 Å². The number of piperidine rings is 2. The van der Waals surface area contributed by atoms with Crippen molar-refractivity contribution < 1.29 is 4.79 Å². The van der Waals surface area contributed by atoms with Gasteiger partial charge in [0.05, 0.1) is 0 Å². The van der Waals surface area contributed by atoms with Crippen molar-refractivity contribution in [2.24, 2.45) is 5.92 Å². The number of amides is 2. The van der Waals surface area contributed by atoms with Crippen LogP contribution >= 0.6 is 11.6 Å². The standard InChI is InChI=1S/C19H28ClN3O/c1-13(2)12-23-17-4-3-5-18(23)11-16(10-17)22-19(24)21-15-8-6-14(20)7-9-15/h6-9,13,16-18H,3-5,10-12H2,1-2H3,(H2,21,22,24)/t16?,17-,18+. The summed E-state index contributed by atoms with van der Waals surface area (Å²) in [7, 11) is 0. The van der Waals surface area contributed by atoms with Crippen molar-refractivity contribution in [3.05, 3.63) is 29.3 Å². The van der Waals surface area contributed by atoms with Gasteiger partial charge in [-0.15, -0.1) is 0 Å². The summed E-state index contributed by atoms with van der Waals surface area (Å²) in [6, 6.07) is 8.62. The first kappa shape index (κ1) is 17.6. The molecule has 0 spiro atoms. The number of carbonyl (C=O) groups excluding carboxylic acids is 1. The minimum Gasteiger partial charge on any atom is -0.335 e. The number of halogens is 1. The highest BCUT2D eigenvalue weighted by Gasteiger charge is 2.38. The van der Waals surface area contributed by atoms with Crippen molar-refractivity contribution in [3.8, 4) is 0 Å². The molecule has 0 saturated carbocycles. The molecule has 2 bridgehead atoms. The highest BCUT2D eigenvalue weighted by molar-refractivity contribution is 6.30. The first-order valence-electron chi connectivity index (χ1n) is 9.10. The maximum absolute atomic E-state index is 12.3. The van der Waals surface area contributed by atoms with E-state index in [1.54, 1.807) is 12.1 Å². The number of anilines is 1. The normalized spacial score (nSPS) is 27.1. The molecule has 0 aliphatic carbocycles. The Hall–Kier alpha value is -1.26. The maximum atomic E-state index is 12.3. The van der Waals surface area contributed by atoms with Gasteiger partial charge in [-0.3, -0.25) is 4.90 Å². The maximum Gasteiger partial charge on any atom is 0.319 e. The third kappa shape index (κ3) is 4.42. The summed E-state index contributed by atoms with van der Waals surface area (Å²) >= 11 is 5.87. The summed E-state index contributed by atoms with van der Waals surface area (Å²) in [6.07, 6.45) is 5.99. The van der Waals surface area contributed by atoms with E-state index in [1.807, 2.05) is 12.1 Å². The van der Waals surface area contributed by atoms with Crippen molar-refractivity contribution in [1.82, 2.24) is 10.2 Å². The summed E-state index contributed by atoms with van der Waals surface area (Å²) in [5.74, 6) is 0.700. The lowest BCUT2D eigenvalue weighted by molar-refractivity contribution is 0.0180. The van der Waals surface area contributed by atoms with Gasteiger partial charge in [0, 0.05) is 35.4 Å². The number of benzene rings is 1. The minimum absolute atomic E-state index is 0.113. The number of nitrogens with zero attached hydrogens (tertiary/aromatic N) is 1. The molecule has 2 aliphatic heterocycles. The van der Waals surface area contributed by atoms with Gasteiger partial charge >= 0.3 is 6.03 Å². The molecule has 2 fully saturated rings. The molecule has 2 aliphatic rings. The lowest BCUT2D eigenvalue weighted by atomic mass is 9.81. The molecule has 0 radical (unpaired) electrons. The summed E-state index contributed by atoms with van der Waals surface area (Å²) < 4.78 is 0. The zero-order valence-electron chi connectivity index (χ0n) is 14.6. The van der Waals surface area contributed by atoms with Crippen molar-refractivity contribution in [2.45, 2.75) is 64.1 Å². The zero-order valence-corrected chi connectivity index (χ0v) is 15.4. The number of rotatable bonds is 4. The highest BCUT2D eigenvalue weighted by atomic mass is 35.5. The lowest BCUT2D eigenvalue weighted by Crippen LogP contribution is -2.58. The Morgan fingerprint density at radius 2 is 1.83 bits per heavy atom. The molecule has 2 N–H and O–H groups in total. The topological polar surface area (TPSA) is 44.4 Å². The largest absolute Gasteiger partial charge is 0.335 e. The summed E-state index contributed by atoms with van der Waals surface area (Å²) in [5, 5.41) is 6.75. The van der Waals surface area contributed by atoms with Crippen LogP contribution < -0.4 is 10.6 Å². The highest BCUT2D eigenvalue weighted by Crippen LogP contribution is 2.34. The van der Waals surface area contributed by atoms with Gasteiger partial charge in [-0.25, -0.2) is 4.79 Å². The van der Waals surface area contributed by atoms with E-state index >= 15 is 0 Å². The molecule has 4 nitrogen and oxygen atoms in total. The fraction of sp³-hybridized carbons (Fsp3) is 0.632. The van der Waals surface area contributed by atoms with E-state index in [0.29, 0.717) is 23.0 Å². The van der Waals surface area contributed by atoms with Crippen LogP contribution in [0.5, 0.6) is 0 Å². The first-order valence-corrected chi connectivity index (χ1v) is 9.48. The number of carbonyl (C=O) groups is 1. The van der Waals surface area contributed by atoms with Gasteiger partial charge in [0.2, 0.25) is 0 Å². The monoisotopic (exact) mass is 349 g/mol. The molecule has 3 rings (SSSR count). The van der Waals surface area contributed by atoms with E-state index < -0.39 is 0 Å². The van der Waals surface area contributed by atoms with E-state index in [4.69, 9.17) is 11.6 Å². The van der Waals surface area contributed by atoms with Crippen LogP contribution in [0.1, 0.15) is 46.0 Å². The van der Waals surface area contributed by atoms with Gasteiger partial charge < -0.3 is 10.6 Å².